The Kier molecular flexibility index (Phi) is 8.39. The molecule has 0 aromatic heterocycles. The van der Waals surface area contributed by atoms with Crippen LogP contribution in [0.5, 0.6) is 0 Å². The minimum Gasteiger partial charge on any atom is -0.460 e. The molecular formula is C22H26ClNO2. The molecule has 138 valence electrons. The molecule has 0 aliphatic carbocycles. The fourth-order valence-electron chi connectivity index (χ4n) is 2.82. The highest BCUT2D eigenvalue weighted by molar-refractivity contribution is 6.19. The lowest BCUT2D eigenvalue weighted by molar-refractivity contribution is -0.151. The second-order valence-electron chi connectivity index (χ2n) is 6.29. The van der Waals surface area contributed by atoms with Crippen LogP contribution in [-0.2, 0) is 22.7 Å². The molecule has 0 saturated carbocycles. The Morgan fingerprint density at radius 1 is 1.08 bits per heavy atom. The molecule has 0 fully saturated rings. The highest BCUT2D eigenvalue weighted by atomic mass is 35.5. The van der Waals surface area contributed by atoms with Gasteiger partial charge in [-0.05, 0) is 23.1 Å². The second kappa shape index (κ2) is 10.8. The summed E-state index contributed by atoms with van der Waals surface area (Å²) in [6.45, 7) is 7.49. The van der Waals surface area contributed by atoms with Crippen molar-refractivity contribution in [3.63, 3.8) is 0 Å². The number of carbonyl (C=O) groups is 1. The van der Waals surface area contributed by atoms with E-state index in [9.17, 15) is 4.79 Å². The number of rotatable bonds is 10. The van der Waals surface area contributed by atoms with Gasteiger partial charge in [0.05, 0.1) is 0 Å². The van der Waals surface area contributed by atoms with Gasteiger partial charge in [0, 0.05) is 19.0 Å². The molecule has 2 aromatic carbocycles. The van der Waals surface area contributed by atoms with Crippen molar-refractivity contribution in [2.75, 3.05) is 12.4 Å². The average Bonchev–Trinajstić information content (AvgIpc) is 2.68. The topological polar surface area (TPSA) is 29.5 Å². The largest absolute Gasteiger partial charge is 0.460 e. The smallest absolute Gasteiger partial charge is 0.323 e. The van der Waals surface area contributed by atoms with Crippen molar-refractivity contribution in [2.45, 2.75) is 32.5 Å². The predicted octanol–water partition coefficient (Wildman–Crippen LogP) is 4.81. The summed E-state index contributed by atoms with van der Waals surface area (Å²) in [5.41, 5.74) is 3.01. The summed E-state index contributed by atoms with van der Waals surface area (Å²) in [6, 6.07) is 19.5. The van der Waals surface area contributed by atoms with Crippen molar-refractivity contribution in [3.8, 4) is 0 Å². The van der Waals surface area contributed by atoms with Crippen LogP contribution in [0.2, 0.25) is 0 Å². The quantitative estimate of drug-likeness (QED) is 0.341. The van der Waals surface area contributed by atoms with Crippen molar-refractivity contribution >= 4 is 17.6 Å². The van der Waals surface area contributed by atoms with E-state index in [2.05, 4.69) is 23.6 Å². The first kappa shape index (κ1) is 20.2. The molecule has 2 rings (SSSR count). The van der Waals surface area contributed by atoms with E-state index in [0.717, 1.165) is 16.7 Å². The first-order valence-corrected chi connectivity index (χ1v) is 9.38. The molecule has 1 atom stereocenters. The van der Waals surface area contributed by atoms with E-state index in [4.69, 9.17) is 16.3 Å². The zero-order valence-electron chi connectivity index (χ0n) is 15.2. The van der Waals surface area contributed by atoms with E-state index in [1.165, 1.54) is 0 Å². The first-order chi connectivity index (χ1) is 12.6. The van der Waals surface area contributed by atoms with Gasteiger partial charge in [-0.15, -0.1) is 11.6 Å². The molecule has 0 heterocycles. The van der Waals surface area contributed by atoms with Crippen LogP contribution in [-0.4, -0.2) is 29.3 Å². The number of ether oxygens (including phenoxy) is 1. The Balaban J connectivity index is 2.08. The van der Waals surface area contributed by atoms with Crippen LogP contribution in [0.1, 0.15) is 24.5 Å². The van der Waals surface area contributed by atoms with Crippen LogP contribution in [0.4, 0.5) is 0 Å². The van der Waals surface area contributed by atoms with Gasteiger partial charge in [0.25, 0.3) is 0 Å². The summed E-state index contributed by atoms with van der Waals surface area (Å²) in [7, 11) is 0. The molecule has 0 unspecified atom stereocenters. The molecule has 3 nitrogen and oxygen atoms in total. The van der Waals surface area contributed by atoms with Gasteiger partial charge in [0.1, 0.15) is 12.6 Å². The van der Waals surface area contributed by atoms with Crippen LogP contribution in [0.15, 0.2) is 72.8 Å². The van der Waals surface area contributed by atoms with E-state index in [-0.39, 0.29) is 18.6 Å². The molecule has 0 amide bonds. The Labute approximate surface area is 161 Å². The molecule has 0 N–H and O–H groups in total. The fourth-order valence-corrected chi connectivity index (χ4v) is 2.91. The molecule has 0 radical (unpaired) electrons. The van der Waals surface area contributed by atoms with Gasteiger partial charge < -0.3 is 4.74 Å². The molecule has 0 aliphatic rings. The van der Waals surface area contributed by atoms with Crippen molar-refractivity contribution in [3.05, 3.63) is 83.9 Å². The number of hydrogen-bond donors (Lipinski definition) is 0. The monoisotopic (exact) mass is 371 g/mol. The Hall–Kier alpha value is -2.10. The molecule has 0 bridgehead atoms. The Morgan fingerprint density at radius 3 is 2.19 bits per heavy atom. The summed E-state index contributed by atoms with van der Waals surface area (Å²) in [5, 5.41) is 0. The Bertz CT molecular complexity index is 688. The van der Waals surface area contributed by atoms with Crippen LogP contribution in [0.25, 0.3) is 0 Å². The average molecular weight is 372 g/mol. The van der Waals surface area contributed by atoms with Crippen molar-refractivity contribution in [2.24, 2.45) is 0 Å². The molecular weight excluding hydrogens is 346 g/mol. The maximum absolute atomic E-state index is 12.7. The summed E-state index contributed by atoms with van der Waals surface area (Å²) in [5.74, 6) is 0.162. The van der Waals surface area contributed by atoms with Crippen LogP contribution in [0.3, 0.4) is 0 Å². The summed E-state index contributed by atoms with van der Waals surface area (Å²) < 4.78 is 5.57. The zero-order chi connectivity index (χ0) is 18.8. The van der Waals surface area contributed by atoms with Gasteiger partial charge in [-0.2, -0.15) is 0 Å². The first-order valence-electron chi connectivity index (χ1n) is 8.85. The lowest BCUT2D eigenvalue weighted by atomic mass is 10.1. The van der Waals surface area contributed by atoms with Gasteiger partial charge in [-0.25, -0.2) is 0 Å². The Morgan fingerprint density at radius 2 is 1.65 bits per heavy atom. The lowest BCUT2D eigenvalue weighted by Crippen LogP contribution is -2.42. The molecule has 4 heteroatoms. The van der Waals surface area contributed by atoms with Gasteiger partial charge in [-0.1, -0.05) is 74.2 Å². The van der Waals surface area contributed by atoms with Crippen molar-refractivity contribution < 1.29 is 9.53 Å². The summed E-state index contributed by atoms with van der Waals surface area (Å²) in [6.07, 6.45) is 0.663. The van der Waals surface area contributed by atoms with Crippen molar-refractivity contribution in [1.29, 1.82) is 0 Å². The van der Waals surface area contributed by atoms with Gasteiger partial charge >= 0.3 is 5.97 Å². The SMILES string of the molecule is C=C(CCl)CN(Cc1ccccc1)[C@@H](CC)C(=O)OCc1ccccc1. The second-order valence-corrected chi connectivity index (χ2v) is 6.56. The number of carbonyl (C=O) groups excluding carboxylic acids is 1. The molecule has 2 aromatic rings. The van der Waals surface area contributed by atoms with Crippen molar-refractivity contribution in [1.82, 2.24) is 4.90 Å². The van der Waals surface area contributed by atoms with E-state index in [1.54, 1.807) is 0 Å². The highest BCUT2D eigenvalue weighted by Gasteiger charge is 2.26. The third-order valence-electron chi connectivity index (χ3n) is 4.17. The van der Waals surface area contributed by atoms with Gasteiger partial charge in [0.15, 0.2) is 0 Å². The lowest BCUT2D eigenvalue weighted by Gasteiger charge is -2.30. The maximum Gasteiger partial charge on any atom is 0.323 e. The molecule has 26 heavy (non-hydrogen) atoms. The van der Waals surface area contributed by atoms with E-state index < -0.39 is 0 Å². The zero-order valence-corrected chi connectivity index (χ0v) is 16.0. The standard InChI is InChI=1S/C22H26ClNO2/c1-3-21(22(25)26-17-20-12-8-5-9-13-20)24(15-18(2)14-23)16-19-10-6-4-7-11-19/h4-13,21H,2-3,14-17H2,1H3/t21-/m0/s1. The highest BCUT2D eigenvalue weighted by Crippen LogP contribution is 2.16. The van der Waals surface area contributed by atoms with Gasteiger partial charge in [-0.3, -0.25) is 9.69 Å². The van der Waals surface area contributed by atoms with Crippen LogP contribution in [0, 0.1) is 0 Å². The molecule has 0 saturated heterocycles. The maximum atomic E-state index is 12.7. The molecule has 0 spiro atoms. The number of nitrogens with zero attached hydrogens (tertiary/aromatic N) is 1. The van der Waals surface area contributed by atoms with Crippen LogP contribution < -0.4 is 0 Å². The third-order valence-corrected chi connectivity index (χ3v) is 4.55. The van der Waals surface area contributed by atoms with E-state index in [0.29, 0.717) is 25.4 Å². The number of benzene rings is 2. The number of halogens is 1. The third kappa shape index (κ3) is 6.32. The fraction of sp³-hybridized carbons (Fsp3) is 0.318. The van der Waals surface area contributed by atoms with Crippen LogP contribution >= 0.6 is 11.6 Å². The molecule has 0 aliphatic heterocycles. The predicted molar refractivity (Wildman–Crippen MR) is 107 cm³/mol. The summed E-state index contributed by atoms with van der Waals surface area (Å²) in [4.78, 5) is 14.8. The normalized spacial score (nSPS) is 12.0. The van der Waals surface area contributed by atoms with Gasteiger partial charge in [0.2, 0.25) is 0 Å². The number of hydrogen-bond acceptors (Lipinski definition) is 3. The number of alkyl halides is 1. The van der Waals surface area contributed by atoms with E-state index in [1.807, 2.05) is 55.5 Å². The minimum absolute atomic E-state index is 0.213. The summed E-state index contributed by atoms with van der Waals surface area (Å²) >= 11 is 5.93. The van der Waals surface area contributed by atoms with E-state index >= 15 is 0 Å². The minimum atomic E-state index is -0.334. The number of esters is 1.